The summed E-state index contributed by atoms with van der Waals surface area (Å²) >= 11 is 4.86. The van der Waals surface area contributed by atoms with E-state index in [1.54, 1.807) is 12.4 Å². The van der Waals surface area contributed by atoms with E-state index in [1.165, 1.54) is 11.8 Å². The number of hydrogen-bond donors (Lipinski definition) is 1. The van der Waals surface area contributed by atoms with Crippen LogP contribution in [0.1, 0.15) is 15.9 Å². The van der Waals surface area contributed by atoms with Gasteiger partial charge in [0.15, 0.2) is 0 Å². The SMILES string of the molecule is O=C(NCc1ccnc(N2CCOCC2)c1)c1ccccc1Sc1ccc(Br)cn1. The van der Waals surface area contributed by atoms with Crippen LogP contribution in [0.4, 0.5) is 5.82 Å². The zero-order valence-electron chi connectivity index (χ0n) is 16.3. The normalized spacial score (nSPS) is 13.8. The Balaban J connectivity index is 1.43. The molecule has 3 heterocycles. The van der Waals surface area contributed by atoms with E-state index in [4.69, 9.17) is 4.74 Å². The van der Waals surface area contributed by atoms with E-state index in [0.29, 0.717) is 25.3 Å². The summed E-state index contributed by atoms with van der Waals surface area (Å²) in [6, 6.07) is 15.4. The van der Waals surface area contributed by atoms with Crippen LogP contribution < -0.4 is 10.2 Å². The maximum absolute atomic E-state index is 12.9. The first-order valence-corrected chi connectivity index (χ1v) is 11.2. The van der Waals surface area contributed by atoms with Crippen molar-refractivity contribution in [3.05, 3.63) is 76.5 Å². The van der Waals surface area contributed by atoms with Gasteiger partial charge in [0.25, 0.3) is 5.91 Å². The Morgan fingerprint density at radius 3 is 2.77 bits per heavy atom. The number of carbonyl (C=O) groups is 1. The highest BCUT2D eigenvalue weighted by Crippen LogP contribution is 2.29. The molecule has 0 aliphatic carbocycles. The largest absolute Gasteiger partial charge is 0.378 e. The molecule has 4 rings (SSSR count). The van der Waals surface area contributed by atoms with Gasteiger partial charge in [-0.15, -0.1) is 0 Å². The van der Waals surface area contributed by atoms with Crippen molar-refractivity contribution in [2.24, 2.45) is 0 Å². The lowest BCUT2D eigenvalue weighted by Gasteiger charge is -2.28. The Bertz CT molecular complexity index is 1010. The Morgan fingerprint density at radius 1 is 1.13 bits per heavy atom. The van der Waals surface area contributed by atoms with Gasteiger partial charge in [0.2, 0.25) is 0 Å². The Kier molecular flexibility index (Phi) is 6.99. The van der Waals surface area contributed by atoms with Gasteiger partial charge in [-0.25, -0.2) is 9.97 Å². The predicted molar refractivity (Wildman–Crippen MR) is 121 cm³/mol. The lowest BCUT2D eigenvalue weighted by atomic mass is 10.2. The molecule has 0 atom stereocenters. The molecule has 2 aromatic heterocycles. The van der Waals surface area contributed by atoms with Crippen LogP contribution in [-0.4, -0.2) is 42.2 Å². The molecule has 1 aliphatic rings. The number of carbonyl (C=O) groups excluding carboxylic acids is 1. The van der Waals surface area contributed by atoms with E-state index in [0.717, 1.165) is 38.9 Å². The van der Waals surface area contributed by atoms with Crippen molar-refractivity contribution in [1.29, 1.82) is 0 Å². The van der Waals surface area contributed by atoms with E-state index in [2.05, 4.69) is 36.1 Å². The Morgan fingerprint density at radius 2 is 1.97 bits per heavy atom. The van der Waals surface area contributed by atoms with E-state index < -0.39 is 0 Å². The fourth-order valence-corrected chi connectivity index (χ4v) is 4.21. The van der Waals surface area contributed by atoms with Crippen LogP contribution >= 0.6 is 27.7 Å². The second-order valence-corrected chi connectivity index (χ2v) is 8.70. The third-order valence-electron chi connectivity index (χ3n) is 4.64. The fraction of sp³-hybridized carbons (Fsp3) is 0.227. The first-order valence-electron chi connectivity index (χ1n) is 9.63. The number of morpholine rings is 1. The molecule has 6 nitrogen and oxygen atoms in total. The molecule has 0 spiro atoms. The van der Waals surface area contributed by atoms with Crippen molar-refractivity contribution in [1.82, 2.24) is 15.3 Å². The molecule has 0 bridgehead atoms. The summed E-state index contributed by atoms with van der Waals surface area (Å²) in [7, 11) is 0. The molecule has 30 heavy (non-hydrogen) atoms. The minimum absolute atomic E-state index is 0.111. The fourth-order valence-electron chi connectivity index (χ4n) is 3.09. The molecule has 0 unspecified atom stereocenters. The highest BCUT2D eigenvalue weighted by molar-refractivity contribution is 9.10. The zero-order valence-corrected chi connectivity index (χ0v) is 18.7. The number of hydrogen-bond acceptors (Lipinski definition) is 6. The molecule has 8 heteroatoms. The second kappa shape index (κ2) is 10.1. The summed E-state index contributed by atoms with van der Waals surface area (Å²) in [5.41, 5.74) is 1.65. The molecule has 1 aromatic carbocycles. The number of pyridine rings is 2. The third kappa shape index (κ3) is 5.38. The predicted octanol–water partition coefficient (Wildman–Crippen LogP) is 4.16. The number of halogens is 1. The van der Waals surface area contributed by atoms with Crippen LogP contribution in [0.15, 0.2) is 75.3 Å². The van der Waals surface area contributed by atoms with E-state index in [-0.39, 0.29) is 5.91 Å². The van der Waals surface area contributed by atoms with Gasteiger partial charge in [-0.3, -0.25) is 4.79 Å². The highest BCUT2D eigenvalue weighted by atomic mass is 79.9. The average Bonchev–Trinajstić information content (AvgIpc) is 2.80. The van der Waals surface area contributed by atoms with Gasteiger partial charge in [0.05, 0.1) is 18.8 Å². The quantitative estimate of drug-likeness (QED) is 0.566. The summed E-state index contributed by atoms with van der Waals surface area (Å²) in [5, 5.41) is 3.87. The summed E-state index contributed by atoms with van der Waals surface area (Å²) in [6.07, 6.45) is 3.54. The van der Waals surface area contributed by atoms with E-state index >= 15 is 0 Å². The van der Waals surface area contributed by atoms with Crippen molar-refractivity contribution in [2.75, 3.05) is 31.2 Å². The van der Waals surface area contributed by atoms with Gasteiger partial charge in [-0.1, -0.05) is 23.9 Å². The van der Waals surface area contributed by atoms with Crippen LogP contribution in [0, 0.1) is 0 Å². The summed E-state index contributed by atoms with van der Waals surface area (Å²) < 4.78 is 6.33. The molecular weight excluding hydrogens is 464 g/mol. The number of rotatable bonds is 6. The molecule has 154 valence electrons. The van der Waals surface area contributed by atoms with Crippen LogP contribution in [-0.2, 0) is 11.3 Å². The van der Waals surface area contributed by atoms with Crippen molar-refractivity contribution in [2.45, 2.75) is 16.5 Å². The van der Waals surface area contributed by atoms with Crippen molar-refractivity contribution < 1.29 is 9.53 Å². The lowest BCUT2D eigenvalue weighted by molar-refractivity contribution is 0.0948. The molecule has 1 aliphatic heterocycles. The molecular formula is C22H21BrN4O2S. The van der Waals surface area contributed by atoms with Crippen LogP contribution in [0.2, 0.25) is 0 Å². The molecule has 0 radical (unpaired) electrons. The number of amides is 1. The number of ether oxygens (including phenoxy) is 1. The molecule has 1 amide bonds. The molecule has 1 N–H and O–H groups in total. The smallest absolute Gasteiger partial charge is 0.252 e. The van der Waals surface area contributed by atoms with E-state index in [9.17, 15) is 4.79 Å². The third-order valence-corrected chi connectivity index (χ3v) is 6.14. The minimum Gasteiger partial charge on any atom is -0.378 e. The maximum Gasteiger partial charge on any atom is 0.252 e. The van der Waals surface area contributed by atoms with Crippen molar-refractivity contribution in [3.8, 4) is 0 Å². The summed E-state index contributed by atoms with van der Waals surface area (Å²) in [4.78, 5) is 24.8. The van der Waals surface area contributed by atoms with Gasteiger partial charge < -0.3 is 15.0 Å². The number of aromatic nitrogens is 2. The number of benzene rings is 1. The maximum atomic E-state index is 12.9. The second-order valence-electron chi connectivity index (χ2n) is 6.72. The molecule has 1 fully saturated rings. The average molecular weight is 485 g/mol. The summed E-state index contributed by atoms with van der Waals surface area (Å²) in [5.74, 6) is 0.808. The van der Waals surface area contributed by atoms with Crippen molar-refractivity contribution >= 4 is 39.4 Å². The molecule has 1 saturated heterocycles. The highest BCUT2D eigenvalue weighted by Gasteiger charge is 2.14. The first-order chi connectivity index (χ1) is 14.7. The van der Waals surface area contributed by atoms with Gasteiger partial charge in [0, 0.05) is 41.4 Å². The first kappa shape index (κ1) is 20.8. The zero-order chi connectivity index (χ0) is 20.8. The Hall–Kier alpha value is -2.42. The monoisotopic (exact) mass is 484 g/mol. The Labute approximate surface area is 188 Å². The van der Waals surface area contributed by atoms with Gasteiger partial charge in [0.1, 0.15) is 10.8 Å². The van der Waals surface area contributed by atoms with Crippen LogP contribution in [0.25, 0.3) is 0 Å². The number of nitrogens with one attached hydrogen (secondary N) is 1. The van der Waals surface area contributed by atoms with Gasteiger partial charge >= 0.3 is 0 Å². The number of nitrogens with zero attached hydrogens (tertiary/aromatic N) is 3. The van der Waals surface area contributed by atoms with Gasteiger partial charge in [-0.2, -0.15) is 0 Å². The number of anilines is 1. The summed E-state index contributed by atoms with van der Waals surface area (Å²) in [6.45, 7) is 3.53. The molecule has 0 saturated carbocycles. The van der Waals surface area contributed by atoms with Crippen LogP contribution in [0.3, 0.4) is 0 Å². The van der Waals surface area contributed by atoms with E-state index in [1.807, 2.05) is 48.5 Å². The standard InChI is InChI=1S/C22H21BrN4O2S/c23-17-5-6-21(25-15-17)30-19-4-2-1-3-18(19)22(28)26-14-16-7-8-24-20(13-16)27-9-11-29-12-10-27/h1-8,13,15H,9-12,14H2,(H,26,28). The minimum atomic E-state index is -0.111. The lowest BCUT2D eigenvalue weighted by Crippen LogP contribution is -2.36. The molecule has 3 aromatic rings. The van der Waals surface area contributed by atoms with Crippen molar-refractivity contribution in [3.63, 3.8) is 0 Å². The van der Waals surface area contributed by atoms with Crippen LogP contribution in [0.5, 0.6) is 0 Å². The topological polar surface area (TPSA) is 67.4 Å². The van der Waals surface area contributed by atoms with Gasteiger partial charge in [-0.05, 0) is 57.9 Å².